The van der Waals surface area contributed by atoms with E-state index in [1.54, 1.807) is 17.8 Å². The molecule has 0 heterocycles. The number of carboxylic acids is 1. The van der Waals surface area contributed by atoms with Crippen LogP contribution in [-0.4, -0.2) is 29.1 Å². The minimum Gasteiger partial charge on any atom is -0.478 e. The van der Waals surface area contributed by atoms with E-state index in [-0.39, 0.29) is 5.56 Å². The molecule has 5 heteroatoms. The molecule has 0 aromatic heterocycles. The standard InChI is InChI=1S/C12H14ClNO2S/c1-2-6-17-7-5-14-11-4-3-9(12(15)16)8-10(11)13/h2-4,8,14H,1,5-7H2,(H,15,16). The quantitative estimate of drug-likeness (QED) is 0.590. The van der Waals surface area contributed by atoms with Gasteiger partial charge in [-0.25, -0.2) is 4.79 Å². The van der Waals surface area contributed by atoms with E-state index in [2.05, 4.69) is 11.9 Å². The van der Waals surface area contributed by atoms with Crippen molar-refractivity contribution in [1.29, 1.82) is 0 Å². The maximum atomic E-state index is 10.7. The highest BCUT2D eigenvalue weighted by Gasteiger charge is 2.06. The third-order valence-electron chi connectivity index (χ3n) is 2.01. The molecule has 0 fully saturated rings. The van der Waals surface area contributed by atoms with Gasteiger partial charge in [-0.05, 0) is 18.2 Å². The fourth-order valence-corrected chi connectivity index (χ4v) is 2.04. The number of carboxylic acid groups (broad SMARTS) is 1. The molecule has 0 aliphatic heterocycles. The minimum atomic E-state index is -0.972. The van der Waals surface area contributed by atoms with Gasteiger partial charge in [0.15, 0.2) is 0 Å². The lowest BCUT2D eigenvalue weighted by molar-refractivity contribution is 0.0697. The summed E-state index contributed by atoms with van der Waals surface area (Å²) in [6.45, 7) is 4.42. The lowest BCUT2D eigenvalue weighted by Gasteiger charge is -2.08. The van der Waals surface area contributed by atoms with Crippen molar-refractivity contribution in [3.05, 3.63) is 41.4 Å². The summed E-state index contributed by atoms with van der Waals surface area (Å²) < 4.78 is 0. The van der Waals surface area contributed by atoms with E-state index in [0.29, 0.717) is 5.02 Å². The van der Waals surface area contributed by atoms with Crippen LogP contribution in [0.2, 0.25) is 5.02 Å². The van der Waals surface area contributed by atoms with Crippen molar-refractivity contribution < 1.29 is 9.90 Å². The number of benzene rings is 1. The highest BCUT2D eigenvalue weighted by Crippen LogP contribution is 2.23. The molecule has 0 saturated carbocycles. The summed E-state index contributed by atoms with van der Waals surface area (Å²) in [7, 11) is 0. The predicted octanol–water partition coefficient (Wildman–Crippen LogP) is 3.37. The van der Waals surface area contributed by atoms with E-state index < -0.39 is 5.97 Å². The molecule has 2 N–H and O–H groups in total. The van der Waals surface area contributed by atoms with Gasteiger partial charge in [0.25, 0.3) is 0 Å². The minimum absolute atomic E-state index is 0.196. The van der Waals surface area contributed by atoms with Crippen molar-refractivity contribution >= 4 is 35.0 Å². The maximum absolute atomic E-state index is 10.7. The molecule has 0 unspecified atom stereocenters. The summed E-state index contributed by atoms with van der Waals surface area (Å²) >= 11 is 7.73. The second kappa shape index (κ2) is 7.25. The first kappa shape index (κ1) is 13.9. The van der Waals surface area contributed by atoms with Gasteiger partial charge in [-0.3, -0.25) is 0 Å². The van der Waals surface area contributed by atoms with Crippen molar-refractivity contribution in [3.8, 4) is 0 Å². The average Bonchev–Trinajstić information content (AvgIpc) is 2.30. The first-order valence-electron chi connectivity index (χ1n) is 5.10. The summed E-state index contributed by atoms with van der Waals surface area (Å²) in [5.74, 6) is 0.899. The Morgan fingerprint density at radius 2 is 2.35 bits per heavy atom. The Kier molecular flexibility index (Phi) is 5.94. The molecule has 1 aromatic rings. The van der Waals surface area contributed by atoms with Crippen LogP contribution in [0, 0.1) is 0 Å². The number of thioether (sulfide) groups is 1. The van der Waals surface area contributed by atoms with Gasteiger partial charge in [-0.2, -0.15) is 11.8 Å². The molecule has 92 valence electrons. The Bertz CT molecular complexity index is 409. The van der Waals surface area contributed by atoms with Gasteiger partial charge in [-0.15, -0.1) is 6.58 Å². The van der Waals surface area contributed by atoms with Crippen LogP contribution in [-0.2, 0) is 0 Å². The molecular weight excluding hydrogens is 258 g/mol. The van der Waals surface area contributed by atoms with Gasteiger partial charge in [0.1, 0.15) is 0 Å². The van der Waals surface area contributed by atoms with Crippen molar-refractivity contribution in [3.63, 3.8) is 0 Å². The maximum Gasteiger partial charge on any atom is 0.335 e. The topological polar surface area (TPSA) is 49.3 Å². The summed E-state index contributed by atoms with van der Waals surface area (Å²) in [4.78, 5) is 10.7. The number of hydrogen-bond donors (Lipinski definition) is 2. The Morgan fingerprint density at radius 1 is 1.59 bits per heavy atom. The van der Waals surface area contributed by atoms with Crippen LogP contribution in [0.5, 0.6) is 0 Å². The highest BCUT2D eigenvalue weighted by atomic mass is 35.5. The summed E-state index contributed by atoms with van der Waals surface area (Å²) in [6, 6.07) is 4.67. The molecule has 1 rings (SSSR count). The van der Waals surface area contributed by atoms with Crippen molar-refractivity contribution in [2.75, 3.05) is 23.4 Å². The van der Waals surface area contributed by atoms with E-state index in [9.17, 15) is 4.79 Å². The van der Waals surface area contributed by atoms with Crippen molar-refractivity contribution in [1.82, 2.24) is 0 Å². The van der Waals surface area contributed by atoms with Crippen LogP contribution >= 0.6 is 23.4 Å². The van der Waals surface area contributed by atoms with Gasteiger partial charge < -0.3 is 10.4 Å². The monoisotopic (exact) mass is 271 g/mol. The number of anilines is 1. The number of aromatic carboxylic acids is 1. The van der Waals surface area contributed by atoms with E-state index in [1.165, 1.54) is 12.1 Å². The normalized spacial score (nSPS) is 9.94. The van der Waals surface area contributed by atoms with Crippen LogP contribution in [0.3, 0.4) is 0 Å². The Morgan fingerprint density at radius 3 is 2.94 bits per heavy atom. The molecule has 0 bridgehead atoms. The smallest absolute Gasteiger partial charge is 0.335 e. The number of hydrogen-bond acceptors (Lipinski definition) is 3. The van der Waals surface area contributed by atoms with E-state index in [0.717, 1.165) is 23.7 Å². The summed E-state index contributed by atoms with van der Waals surface area (Å²) in [5, 5.41) is 12.4. The molecule has 0 aliphatic rings. The first-order chi connectivity index (χ1) is 8.15. The van der Waals surface area contributed by atoms with Gasteiger partial charge in [0.05, 0.1) is 16.3 Å². The van der Waals surface area contributed by atoms with Gasteiger partial charge in [0.2, 0.25) is 0 Å². The third-order valence-corrected chi connectivity index (χ3v) is 3.29. The second-order valence-corrected chi connectivity index (χ2v) is 4.85. The SMILES string of the molecule is C=CCSCCNc1ccc(C(=O)O)cc1Cl. The van der Waals surface area contributed by atoms with Crippen molar-refractivity contribution in [2.45, 2.75) is 0 Å². The molecule has 0 spiro atoms. The zero-order chi connectivity index (χ0) is 12.7. The van der Waals surface area contributed by atoms with Crippen LogP contribution in [0.4, 0.5) is 5.69 Å². The van der Waals surface area contributed by atoms with E-state index >= 15 is 0 Å². The van der Waals surface area contributed by atoms with E-state index in [1.807, 2.05) is 6.08 Å². The summed E-state index contributed by atoms with van der Waals surface area (Å²) in [5.41, 5.74) is 0.956. The molecule has 17 heavy (non-hydrogen) atoms. The van der Waals surface area contributed by atoms with Crippen LogP contribution in [0.25, 0.3) is 0 Å². The zero-order valence-electron chi connectivity index (χ0n) is 9.28. The largest absolute Gasteiger partial charge is 0.478 e. The van der Waals surface area contributed by atoms with Gasteiger partial charge in [-0.1, -0.05) is 17.7 Å². The van der Waals surface area contributed by atoms with Gasteiger partial charge in [0, 0.05) is 18.1 Å². The van der Waals surface area contributed by atoms with Crippen LogP contribution in [0.15, 0.2) is 30.9 Å². The Balaban J connectivity index is 2.49. The predicted molar refractivity (Wildman–Crippen MR) is 74.4 cm³/mol. The molecule has 0 atom stereocenters. The molecule has 1 aromatic carbocycles. The van der Waals surface area contributed by atoms with E-state index in [4.69, 9.17) is 16.7 Å². The average molecular weight is 272 g/mol. The second-order valence-electron chi connectivity index (χ2n) is 3.29. The fraction of sp³-hybridized carbons (Fsp3) is 0.250. The highest BCUT2D eigenvalue weighted by molar-refractivity contribution is 7.99. The third kappa shape index (κ3) is 4.71. The summed E-state index contributed by atoms with van der Waals surface area (Å²) in [6.07, 6.45) is 1.86. The molecule has 0 radical (unpaired) electrons. The molecular formula is C12H14ClNO2S. The van der Waals surface area contributed by atoms with Crippen LogP contribution in [0.1, 0.15) is 10.4 Å². The lowest BCUT2D eigenvalue weighted by atomic mass is 10.2. The zero-order valence-corrected chi connectivity index (χ0v) is 10.9. The fourth-order valence-electron chi connectivity index (χ4n) is 1.22. The van der Waals surface area contributed by atoms with Crippen LogP contribution < -0.4 is 5.32 Å². The molecule has 0 amide bonds. The molecule has 0 saturated heterocycles. The Labute approximate surface area is 110 Å². The first-order valence-corrected chi connectivity index (χ1v) is 6.63. The number of nitrogens with one attached hydrogen (secondary N) is 1. The molecule has 0 aliphatic carbocycles. The number of rotatable bonds is 7. The lowest BCUT2D eigenvalue weighted by Crippen LogP contribution is -2.05. The number of halogens is 1. The van der Waals surface area contributed by atoms with Crippen molar-refractivity contribution in [2.24, 2.45) is 0 Å². The van der Waals surface area contributed by atoms with Gasteiger partial charge >= 0.3 is 5.97 Å². The Hall–Kier alpha value is -1.13. The molecule has 3 nitrogen and oxygen atoms in total. The number of carbonyl (C=O) groups is 1.